The van der Waals surface area contributed by atoms with E-state index in [1.54, 1.807) is 13.8 Å². The molecule has 1 aliphatic carbocycles. The molecule has 0 aromatic heterocycles. The van der Waals surface area contributed by atoms with Gasteiger partial charge in [-0.1, -0.05) is 38.8 Å². The van der Waals surface area contributed by atoms with Crippen LogP contribution in [0.2, 0.25) is 0 Å². The van der Waals surface area contributed by atoms with Gasteiger partial charge in [0.25, 0.3) is 0 Å². The summed E-state index contributed by atoms with van der Waals surface area (Å²) >= 11 is 0. The maximum atomic E-state index is 12.1. The Morgan fingerprint density at radius 3 is 1.17 bits per heavy atom. The molecule has 0 saturated heterocycles. The van der Waals surface area contributed by atoms with Crippen molar-refractivity contribution in [3.05, 3.63) is 11.1 Å². The Morgan fingerprint density at radius 1 is 0.778 bits per heavy atom. The number of rotatable bonds is 2. The molecular weight excluding hydrogens is 224 g/mol. The summed E-state index contributed by atoms with van der Waals surface area (Å²) in [4.78, 5) is 24.2. The third kappa shape index (κ3) is 1.96. The van der Waals surface area contributed by atoms with Gasteiger partial charge in [-0.05, 0) is 38.5 Å². The van der Waals surface area contributed by atoms with E-state index >= 15 is 0 Å². The highest BCUT2D eigenvalue weighted by Gasteiger charge is 2.53. The van der Waals surface area contributed by atoms with Gasteiger partial charge in [-0.25, -0.2) is 0 Å². The molecule has 2 nitrogen and oxygen atoms in total. The minimum atomic E-state index is -0.234. The summed E-state index contributed by atoms with van der Waals surface area (Å²) in [6.07, 6.45) is 0. The van der Waals surface area contributed by atoms with E-state index < -0.39 is 0 Å². The van der Waals surface area contributed by atoms with E-state index in [4.69, 9.17) is 0 Å². The molecule has 0 bridgehead atoms. The van der Waals surface area contributed by atoms with E-state index in [-0.39, 0.29) is 34.2 Å². The summed E-state index contributed by atoms with van der Waals surface area (Å²) in [5.41, 5.74) is 2.04. The molecule has 1 aliphatic rings. The van der Waals surface area contributed by atoms with Crippen LogP contribution in [0, 0.1) is 22.7 Å². The predicted octanol–water partition coefficient (Wildman–Crippen LogP) is 3.80. The maximum absolute atomic E-state index is 12.1. The average Bonchev–Trinajstić information content (AvgIpc) is 2.19. The smallest absolute Gasteiger partial charge is 0.134 e. The Hall–Kier alpha value is -0.920. The fourth-order valence-electron chi connectivity index (χ4n) is 3.75. The summed E-state index contributed by atoms with van der Waals surface area (Å²) in [6, 6.07) is 0. The molecule has 0 saturated carbocycles. The number of allylic oxidation sites excluding steroid dienone is 2. The fraction of sp³-hybridized carbons (Fsp3) is 0.750. The first kappa shape index (κ1) is 15.1. The largest absolute Gasteiger partial charge is 0.300 e. The van der Waals surface area contributed by atoms with Crippen LogP contribution in [0.5, 0.6) is 0 Å². The molecule has 0 radical (unpaired) electrons. The summed E-state index contributed by atoms with van der Waals surface area (Å²) in [5, 5.41) is 0. The van der Waals surface area contributed by atoms with Crippen molar-refractivity contribution in [3.8, 4) is 0 Å². The van der Waals surface area contributed by atoms with Crippen LogP contribution in [0.25, 0.3) is 0 Å². The van der Waals surface area contributed by atoms with Crippen molar-refractivity contribution in [1.29, 1.82) is 0 Å². The summed E-state index contributed by atoms with van der Waals surface area (Å²) in [6.45, 7) is 15.8. The number of hydrogen-bond donors (Lipinski definition) is 0. The maximum Gasteiger partial charge on any atom is 0.134 e. The quantitative estimate of drug-likeness (QED) is 0.699. The van der Waals surface area contributed by atoms with Gasteiger partial charge in [0.05, 0.1) is 0 Å². The lowest BCUT2D eigenvalue weighted by Crippen LogP contribution is -2.50. The molecule has 0 aromatic rings. The van der Waals surface area contributed by atoms with Crippen molar-refractivity contribution in [3.63, 3.8) is 0 Å². The van der Waals surface area contributed by atoms with E-state index in [0.29, 0.717) is 0 Å². The monoisotopic (exact) mass is 250 g/mol. The SMILES string of the molecule is CC(=O)C1C(C(C)=O)C(C)(C)C(C)=C(C)C1(C)C. The van der Waals surface area contributed by atoms with E-state index in [2.05, 4.69) is 41.5 Å². The first-order valence-corrected chi connectivity index (χ1v) is 6.65. The third-order valence-electron chi connectivity index (χ3n) is 5.26. The lowest BCUT2D eigenvalue weighted by molar-refractivity contribution is -0.139. The minimum Gasteiger partial charge on any atom is -0.300 e. The van der Waals surface area contributed by atoms with Crippen molar-refractivity contribution in [2.24, 2.45) is 22.7 Å². The van der Waals surface area contributed by atoms with Gasteiger partial charge in [0, 0.05) is 11.8 Å². The molecule has 0 spiro atoms. The van der Waals surface area contributed by atoms with Gasteiger partial charge in [-0.2, -0.15) is 0 Å². The Morgan fingerprint density at radius 2 is 1.00 bits per heavy atom. The molecule has 102 valence electrons. The van der Waals surface area contributed by atoms with Crippen LogP contribution in [-0.2, 0) is 9.59 Å². The fourth-order valence-corrected chi connectivity index (χ4v) is 3.75. The number of ketones is 2. The topological polar surface area (TPSA) is 34.1 Å². The first-order valence-electron chi connectivity index (χ1n) is 6.65. The lowest BCUT2D eigenvalue weighted by atomic mass is 9.51. The number of Topliss-reactive ketones (excluding diaryl/α,β-unsaturated/α-hetero) is 2. The molecule has 0 N–H and O–H groups in total. The molecular formula is C16H26O2. The second kappa shape index (κ2) is 4.32. The molecule has 0 aliphatic heterocycles. The van der Waals surface area contributed by atoms with Crippen LogP contribution in [0.1, 0.15) is 55.4 Å². The highest BCUT2D eigenvalue weighted by atomic mass is 16.1. The van der Waals surface area contributed by atoms with Crippen molar-refractivity contribution in [2.45, 2.75) is 55.4 Å². The van der Waals surface area contributed by atoms with Gasteiger partial charge in [0.2, 0.25) is 0 Å². The zero-order chi connectivity index (χ0) is 14.5. The van der Waals surface area contributed by atoms with Gasteiger partial charge in [-0.3, -0.25) is 9.59 Å². The van der Waals surface area contributed by atoms with E-state index in [1.165, 1.54) is 11.1 Å². The molecule has 2 atom stereocenters. The van der Waals surface area contributed by atoms with Crippen LogP contribution in [0.3, 0.4) is 0 Å². The normalized spacial score (nSPS) is 30.2. The molecule has 0 aromatic carbocycles. The van der Waals surface area contributed by atoms with Gasteiger partial charge >= 0.3 is 0 Å². The summed E-state index contributed by atoms with van der Waals surface area (Å²) < 4.78 is 0. The number of carbonyl (C=O) groups excluding carboxylic acids is 2. The first-order chi connectivity index (χ1) is 7.95. The summed E-state index contributed by atoms with van der Waals surface area (Å²) in [7, 11) is 0. The van der Waals surface area contributed by atoms with Crippen LogP contribution >= 0.6 is 0 Å². The molecule has 0 heterocycles. The molecule has 1 rings (SSSR count). The number of carbonyl (C=O) groups is 2. The number of hydrogen-bond acceptors (Lipinski definition) is 2. The van der Waals surface area contributed by atoms with Gasteiger partial charge < -0.3 is 0 Å². The zero-order valence-corrected chi connectivity index (χ0v) is 13.0. The lowest BCUT2D eigenvalue weighted by Gasteiger charge is -2.51. The van der Waals surface area contributed by atoms with Crippen LogP contribution in [0.15, 0.2) is 11.1 Å². The van der Waals surface area contributed by atoms with Crippen LogP contribution < -0.4 is 0 Å². The zero-order valence-electron chi connectivity index (χ0n) is 13.0. The van der Waals surface area contributed by atoms with E-state index in [9.17, 15) is 9.59 Å². The highest BCUT2D eigenvalue weighted by molar-refractivity contribution is 5.90. The molecule has 2 heteroatoms. The van der Waals surface area contributed by atoms with Crippen molar-refractivity contribution in [1.82, 2.24) is 0 Å². The van der Waals surface area contributed by atoms with Crippen LogP contribution in [0.4, 0.5) is 0 Å². The Bertz CT molecular complexity index is 384. The van der Waals surface area contributed by atoms with Crippen LogP contribution in [-0.4, -0.2) is 11.6 Å². The van der Waals surface area contributed by atoms with E-state index in [1.807, 2.05) is 0 Å². The Balaban J connectivity index is 3.60. The van der Waals surface area contributed by atoms with Gasteiger partial charge in [0.1, 0.15) is 11.6 Å². The van der Waals surface area contributed by atoms with E-state index in [0.717, 1.165) is 0 Å². The molecule has 18 heavy (non-hydrogen) atoms. The second-order valence-corrected chi connectivity index (χ2v) is 6.87. The molecule has 2 unspecified atom stereocenters. The van der Waals surface area contributed by atoms with Gasteiger partial charge in [0.15, 0.2) is 0 Å². The Kier molecular flexibility index (Phi) is 3.64. The Labute approximate surface area is 111 Å². The summed E-state index contributed by atoms with van der Waals surface area (Å²) in [5.74, 6) is -0.178. The second-order valence-electron chi connectivity index (χ2n) is 6.87. The van der Waals surface area contributed by atoms with Gasteiger partial charge in [-0.15, -0.1) is 0 Å². The minimum absolute atomic E-state index is 0.125. The molecule has 0 amide bonds. The standard InChI is InChI=1S/C16H26O2/c1-9-10(2)16(7,8)14(12(4)18)13(11(3)17)15(9,5)6/h13-14H,1-8H3. The highest BCUT2D eigenvalue weighted by Crippen LogP contribution is 2.55. The van der Waals surface area contributed by atoms with Crippen molar-refractivity contribution >= 4 is 11.6 Å². The van der Waals surface area contributed by atoms with Crippen molar-refractivity contribution < 1.29 is 9.59 Å². The molecule has 0 fully saturated rings. The third-order valence-corrected chi connectivity index (χ3v) is 5.26. The average molecular weight is 250 g/mol. The predicted molar refractivity (Wildman–Crippen MR) is 74.3 cm³/mol. The van der Waals surface area contributed by atoms with Crippen molar-refractivity contribution in [2.75, 3.05) is 0 Å².